The Bertz CT molecular complexity index is 1180. The molecule has 2 unspecified atom stereocenters. The third-order valence-electron chi connectivity index (χ3n) is 9.05. The van der Waals surface area contributed by atoms with Crippen molar-refractivity contribution in [3.05, 3.63) is 49.6 Å². The Morgan fingerprint density at radius 2 is 1.77 bits per heavy atom. The number of nitrogens with zero attached hydrogens (tertiary/aromatic N) is 3. The van der Waals surface area contributed by atoms with Crippen molar-refractivity contribution in [1.82, 2.24) is 9.80 Å². The van der Waals surface area contributed by atoms with Gasteiger partial charge in [-0.05, 0) is 77.6 Å². The highest BCUT2D eigenvalue weighted by Gasteiger charge is 2.74. The van der Waals surface area contributed by atoms with Crippen molar-refractivity contribution in [2.75, 3.05) is 37.7 Å². The predicted octanol–water partition coefficient (Wildman–Crippen LogP) is 5.06. The number of hydrogen-bond acceptors (Lipinski definition) is 6. The van der Waals surface area contributed by atoms with Gasteiger partial charge in [-0.15, -0.1) is 24.9 Å². The molecule has 1 N–H and O–H groups in total. The van der Waals surface area contributed by atoms with Crippen molar-refractivity contribution in [3.8, 4) is 5.75 Å². The number of hydrogen-bond donors (Lipinski definition) is 1. The lowest BCUT2D eigenvalue weighted by Gasteiger charge is -2.42. The molecule has 1 aromatic carbocycles. The first-order valence-corrected chi connectivity index (χ1v) is 16.6. The molecule has 236 valence electrons. The maximum atomic E-state index is 14.5. The molecule has 3 heterocycles. The van der Waals surface area contributed by atoms with Crippen LogP contribution in [0.15, 0.2) is 49.6 Å². The van der Waals surface area contributed by atoms with E-state index in [-0.39, 0.29) is 29.6 Å². The molecule has 43 heavy (non-hydrogen) atoms. The zero-order valence-corrected chi connectivity index (χ0v) is 27.1. The highest BCUT2D eigenvalue weighted by atomic mass is 32.2. The molecule has 3 saturated heterocycles. The number of thioether (sulfide) groups is 1. The monoisotopic (exact) mass is 611 g/mol. The Morgan fingerprint density at radius 3 is 2.37 bits per heavy atom. The highest BCUT2D eigenvalue weighted by molar-refractivity contribution is 8.02. The standard InChI is InChI=1S/C34H49N3O5S/c1-7-20-35(24-14-16-25(17-15-24)42-9-3)30(39)27-26-18-19-34(43-26)28(27)31(40)36(22-12-10-11-13-23-38)29(34)32(41)37(21-8-2)33(4,5)6/h7-8,14-17,26-29,38H,1-2,9-13,18-23H2,3-6H3/t26-,27+,28-,29?,34?/m0/s1. The van der Waals surface area contributed by atoms with Gasteiger partial charge in [-0.1, -0.05) is 25.0 Å². The maximum absolute atomic E-state index is 14.5. The smallest absolute Gasteiger partial charge is 0.247 e. The van der Waals surface area contributed by atoms with E-state index in [4.69, 9.17) is 4.74 Å². The van der Waals surface area contributed by atoms with Crippen LogP contribution in [0.3, 0.4) is 0 Å². The molecule has 1 spiro atoms. The number of aliphatic hydroxyl groups is 1. The first-order chi connectivity index (χ1) is 20.5. The number of carbonyl (C=O) groups is 3. The van der Waals surface area contributed by atoms with Crippen LogP contribution in [-0.4, -0.2) is 87.1 Å². The van der Waals surface area contributed by atoms with Crippen LogP contribution in [0.4, 0.5) is 5.69 Å². The van der Waals surface area contributed by atoms with Gasteiger partial charge in [-0.3, -0.25) is 14.4 Å². The summed E-state index contributed by atoms with van der Waals surface area (Å²) in [5, 5.41) is 9.18. The Kier molecular flexibility index (Phi) is 10.7. The van der Waals surface area contributed by atoms with Crippen LogP contribution in [0, 0.1) is 11.8 Å². The zero-order chi connectivity index (χ0) is 31.4. The number of fused-ring (bicyclic) bond motifs is 1. The summed E-state index contributed by atoms with van der Waals surface area (Å²) >= 11 is 1.70. The van der Waals surface area contributed by atoms with E-state index in [0.29, 0.717) is 26.2 Å². The molecular formula is C34H49N3O5S. The SMILES string of the molecule is C=CCN(C(=O)[C@@H]1[C@@H]2CCC3(S2)C(C(=O)N(CC=C)C(C)(C)C)N(CCCCCCO)C(=O)[C@H]13)c1ccc(OCC)cc1. The van der Waals surface area contributed by atoms with Gasteiger partial charge < -0.3 is 24.5 Å². The number of anilines is 1. The number of rotatable bonds is 15. The molecule has 1 aromatic rings. The van der Waals surface area contributed by atoms with Crippen LogP contribution in [-0.2, 0) is 14.4 Å². The molecule has 0 aliphatic carbocycles. The summed E-state index contributed by atoms with van der Waals surface area (Å²) in [5.41, 5.74) is 0.277. The molecule has 0 aromatic heterocycles. The highest BCUT2D eigenvalue weighted by Crippen LogP contribution is 2.67. The van der Waals surface area contributed by atoms with Crippen molar-refractivity contribution in [2.45, 2.75) is 87.8 Å². The third kappa shape index (κ3) is 6.39. The fourth-order valence-electron chi connectivity index (χ4n) is 7.19. The predicted molar refractivity (Wildman–Crippen MR) is 173 cm³/mol. The number of carbonyl (C=O) groups excluding carboxylic acids is 3. The minimum atomic E-state index is -0.645. The number of aliphatic hydroxyl groups excluding tert-OH is 1. The molecule has 8 nitrogen and oxygen atoms in total. The van der Waals surface area contributed by atoms with Crippen LogP contribution in [0.1, 0.15) is 66.2 Å². The molecule has 9 heteroatoms. The van der Waals surface area contributed by atoms with Crippen LogP contribution in [0.5, 0.6) is 5.75 Å². The van der Waals surface area contributed by atoms with E-state index in [0.717, 1.165) is 50.0 Å². The summed E-state index contributed by atoms with van der Waals surface area (Å²) in [6.45, 7) is 17.6. The third-order valence-corrected chi connectivity index (χ3v) is 11.0. The van der Waals surface area contributed by atoms with Gasteiger partial charge in [0.05, 0.1) is 23.2 Å². The summed E-state index contributed by atoms with van der Waals surface area (Å²) in [4.78, 5) is 48.8. The Hall–Kier alpha value is -2.78. The van der Waals surface area contributed by atoms with Gasteiger partial charge in [0.1, 0.15) is 11.8 Å². The number of unbranched alkanes of at least 4 members (excludes halogenated alkanes) is 3. The largest absolute Gasteiger partial charge is 0.494 e. The summed E-state index contributed by atoms with van der Waals surface area (Å²) in [7, 11) is 0. The quantitative estimate of drug-likeness (QED) is 0.220. The van der Waals surface area contributed by atoms with E-state index in [9.17, 15) is 19.5 Å². The second-order valence-electron chi connectivity index (χ2n) is 12.8. The van der Waals surface area contributed by atoms with Crippen molar-refractivity contribution >= 4 is 35.2 Å². The van der Waals surface area contributed by atoms with Crippen LogP contribution < -0.4 is 9.64 Å². The summed E-state index contributed by atoms with van der Waals surface area (Å²) < 4.78 is 4.95. The summed E-state index contributed by atoms with van der Waals surface area (Å²) in [6, 6.07) is 6.83. The molecule has 5 atom stereocenters. The topological polar surface area (TPSA) is 90.4 Å². The average Bonchev–Trinajstić information content (AvgIpc) is 3.61. The van der Waals surface area contributed by atoms with Gasteiger partial charge in [0.25, 0.3) is 0 Å². The molecule has 0 radical (unpaired) electrons. The second kappa shape index (κ2) is 13.9. The lowest BCUT2D eigenvalue weighted by molar-refractivity contribution is -0.145. The molecule has 2 bridgehead atoms. The summed E-state index contributed by atoms with van der Waals surface area (Å²) in [5.74, 6) is -0.570. The number of amides is 3. The van der Waals surface area contributed by atoms with E-state index in [1.807, 2.05) is 56.9 Å². The minimum absolute atomic E-state index is 0.0269. The van der Waals surface area contributed by atoms with Crippen LogP contribution in [0.2, 0.25) is 0 Å². The van der Waals surface area contributed by atoms with E-state index < -0.39 is 28.2 Å². The molecule has 3 aliphatic heterocycles. The lowest BCUT2D eigenvalue weighted by Crippen LogP contribution is -2.58. The average molecular weight is 612 g/mol. The van der Waals surface area contributed by atoms with Gasteiger partial charge in [-0.25, -0.2) is 0 Å². The molecule has 3 fully saturated rings. The number of ether oxygens (including phenoxy) is 1. The van der Waals surface area contributed by atoms with Gasteiger partial charge in [0, 0.05) is 42.7 Å². The minimum Gasteiger partial charge on any atom is -0.494 e. The first-order valence-electron chi connectivity index (χ1n) is 15.7. The van der Waals surface area contributed by atoms with E-state index >= 15 is 0 Å². The summed E-state index contributed by atoms with van der Waals surface area (Å²) in [6.07, 6.45) is 8.17. The molecular weight excluding hydrogens is 562 g/mol. The zero-order valence-electron chi connectivity index (χ0n) is 26.3. The molecule has 3 amide bonds. The Morgan fingerprint density at radius 1 is 1.09 bits per heavy atom. The van der Waals surface area contributed by atoms with Crippen LogP contribution >= 0.6 is 11.8 Å². The first kappa shape index (κ1) is 33.1. The molecule has 4 rings (SSSR count). The van der Waals surface area contributed by atoms with Gasteiger partial charge >= 0.3 is 0 Å². The molecule has 0 saturated carbocycles. The fourth-order valence-corrected chi connectivity index (χ4v) is 9.40. The van der Waals surface area contributed by atoms with Crippen molar-refractivity contribution < 1.29 is 24.2 Å². The number of likely N-dealkylation sites (tertiary alicyclic amines) is 1. The van der Waals surface area contributed by atoms with Crippen LogP contribution in [0.25, 0.3) is 0 Å². The fraction of sp³-hybridized carbons (Fsp3) is 0.618. The van der Waals surface area contributed by atoms with Crippen molar-refractivity contribution in [1.29, 1.82) is 0 Å². The van der Waals surface area contributed by atoms with Crippen molar-refractivity contribution in [2.24, 2.45) is 11.8 Å². The van der Waals surface area contributed by atoms with Crippen molar-refractivity contribution in [3.63, 3.8) is 0 Å². The van der Waals surface area contributed by atoms with E-state index in [1.54, 1.807) is 33.7 Å². The maximum Gasteiger partial charge on any atom is 0.247 e. The normalized spacial score (nSPS) is 25.9. The van der Waals surface area contributed by atoms with Gasteiger partial charge in [-0.2, -0.15) is 0 Å². The van der Waals surface area contributed by atoms with Gasteiger partial charge in [0.15, 0.2) is 0 Å². The Labute approximate surface area is 261 Å². The van der Waals surface area contributed by atoms with Gasteiger partial charge in [0.2, 0.25) is 17.7 Å². The van der Waals surface area contributed by atoms with E-state index in [2.05, 4.69) is 13.2 Å². The van der Waals surface area contributed by atoms with E-state index in [1.165, 1.54) is 0 Å². The number of benzene rings is 1. The lowest BCUT2D eigenvalue weighted by atomic mass is 9.70. The second-order valence-corrected chi connectivity index (χ2v) is 14.4. The molecule has 3 aliphatic rings. The Balaban J connectivity index is 1.70.